The van der Waals surface area contributed by atoms with E-state index in [1.54, 1.807) is 11.3 Å². The van der Waals surface area contributed by atoms with Crippen molar-refractivity contribution in [1.82, 2.24) is 9.80 Å². The van der Waals surface area contributed by atoms with Crippen LogP contribution in [0.2, 0.25) is 0 Å². The summed E-state index contributed by atoms with van der Waals surface area (Å²) >= 11 is 1.58. The number of carbonyl (C=O) groups excluding carboxylic acids is 2. The molecule has 2 fully saturated rings. The van der Waals surface area contributed by atoms with Crippen LogP contribution in [0.5, 0.6) is 0 Å². The second-order valence-corrected chi connectivity index (χ2v) is 9.45. The van der Waals surface area contributed by atoms with E-state index in [9.17, 15) is 14.9 Å². The molecule has 1 aliphatic carbocycles. The first-order chi connectivity index (χ1) is 14.7. The minimum atomic E-state index is -0.252. The highest BCUT2D eigenvalue weighted by Gasteiger charge is 2.30. The summed E-state index contributed by atoms with van der Waals surface area (Å²) in [7, 11) is 0. The van der Waals surface area contributed by atoms with Crippen molar-refractivity contribution >= 4 is 28.2 Å². The molecule has 8 heteroatoms. The van der Waals surface area contributed by atoms with Gasteiger partial charge in [-0.1, -0.05) is 6.42 Å². The standard InChI is InChI=1S/C22H30N4O3S/c23-15-17-16-5-2-1-3-7-19(16)30-21(17)24-20(27)8-9-25-10-12-26(13-11-25)22(28)18-6-4-14-29-18/h18H,1-14H2,(H,24,27)/t18-/m0/s1. The van der Waals surface area contributed by atoms with Crippen LogP contribution in [0.15, 0.2) is 0 Å². The van der Waals surface area contributed by atoms with Gasteiger partial charge in [0.25, 0.3) is 5.91 Å². The number of anilines is 1. The number of hydrogen-bond acceptors (Lipinski definition) is 6. The van der Waals surface area contributed by atoms with E-state index in [1.807, 2.05) is 4.90 Å². The minimum absolute atomic E-state index is 0.0410. The van der Waals surface area contributed by atoms with Gasteiger partial charge in [0.05, 0.1) is 5.56 Å². The predicted octanol–water partition coefficient (Wildman–Crippen LogP) is 2.54. The number of carbonyl (C=O) groups is 2. The molecule has 2 amide bonds. The molecule has 0 saturated carbocycles. The lowest BCUT2D eigenvalue weighted by atomic mass is 10.1. The Morgan fingerprint density at radius 1 is 1.13 bits per heavy atom. The number of piperazine rings is 1. The van der Waals surface area contributed by atoms with Gasteiger partial charge in [0.1, 0.15) is 17.2 Å². The van der Waals surface area contributed by atoms with Crippen LogP contribution < -0.4 is 5.32 Å². The van der Waals surface area contributed by atoms with E-state index >= 15 is 0 Å². The summed E-state index contributed by atoms with van der Waals surface area (Å²) in [4.78, 5) is 30.4. The maximum Gasteiger partial charge on any atom is 0.251 e. The Morgan fingerprint density at radius 3 is 2.67 bits per heavy atom. The van der Waals surface area contributed by atoms with Crippen molar-refractivity contribution in [3.8, 4) is 6.07 Å². The summed E-state index contributed by atoms with van der Waals surface area (Å²) in [5, 5.41) is 13.3. The Balaban J connectivity index is 1.24. The predicted molar refractivity (Wildman–Crippen MR) is 116 cm³/mol. The normalized spacial score (nSPS) is 22.2. The summed E-state index contributed by atoms with van der Waals surface area (Å²) in [5.41, 5.74) is 1.83. The molecular weight excluding hydrogens is 400 g/mol. The van der Waals surface area contributed by atoms with Gasteiger partial charge in [-0.15, -0.1) is 11.3 Å². The van der Waals surface area contributed by atoms with E-state index < -0.39 is 0 Å². The molecule has 1 N–H and O–H groups in total. The van der Waals surface area contributed by atoms with Gasteiger partial charge in [-0.3, -0.25) is 14.5 Å². The van der Waals surface area contributed by atoms with Gasteiger partial charge in [-0.2, -0.15) is 5.26 Å². The highest BCUT2D eigenvalue weighted by atomic mass is 32.1. The third-order valence-corrected chi connectivity index (χ3v) is 7.54. The molecule has 162 valence electrons. The molecule has 0 aromatic carbocycles. The van der Waals surface area contributed by atoms with Gasteiger partial charge in [-0.05, 0) is 44.1 Å². The monoisotopic (exact) mass is 430 g/mol. The van der Waals surface area contributed by atoms with Gasteiger partial charge in [-0.25, -0.2) is 0 Å². The minimum Gasteiger partial charge on any atom is -0.368 e. The average molecular weight is 431 g/mol. The van der Waals surface area contributed by atoms with Crippen LogP contribution in [0.3, 0.4) is 0 Å². The molecule has 30 heavy (non-hydrogen) atoms. The van der Waals surface area contributed by atoms with Crippen LogP contribution >= 0.6 is 11.3 Å². The van der Waals surface area contributed by atoms with Crippen molar-refractivity contribution in [2.45, 2.75) is 57.5 Å². The van der Waals surface area contributed by atoms with Crippen LogP contribution in [-0.2, 0) is 27.2 Å². The number of amides is 2. The first-order valence-corrected chi connectivity index (χ1v) is 11.9. The molecule has 4 rings (SSSR count). The first kappa shape index (κ1) is 21.3. The van der Waals surface area contributed by atoms with Crippen molar-refractivity contribution in [3.63, 3.8) is 0 Å². The quantitative estimate of drug-likeness (QED) is 0.726. The van der Waals surface area contributed by atoms with E-state index in [0.717, 1.165) is 62.2 Å². The number of aryl methyl sites for hydroxylation is 1. The number of nitrogens with zero attached hydrogens (tertiary/aromatic N) is 3. The van der Waals surface area contributed by atoms with E-state index in [2.05, 4.69) is 16.3 Å². The average Bonchev–Trinajstić information content (AvgIpc) is 3.35. The van der Waals surface area contributed by atoms with Crippen molar-refractivity contribution in [2.75, 3.05) is 44.6 Å². The lowest BCUT2D eigenvalue weighted by Gasteiger charge is -2.35. The zero-order valence-corrected chi connectivity index (χ0v) is 18.3. The summed E-state index contributed by atoms with van der Waals surface area (Å²) in [6.45, 7) is 4.30. The van der Waals surface area contributed by atoms with E-state index in [0.29, 0.717) is 38.2 Å². The van der Waals surface area contributed by atoms with Gasteiger partial charge < -0.3 is 15.0 Å². The number of hydrogen-bond donors (Lipinski definition) is 1. The lowest BCUT2D eigenvalue weighted by molar-refractivity contribution is -0.142. The maximum atomic E-state index is 12.5. The fourth-order valence-corrected chi connectivity index (χ4v) is 5.82. The topological polar surface area (TPSA) is 85.7 Å². The molecule has 0 radical (unpaired) electrons. The maximum absolute atomic E-state index is 12.5. The molecule has 0 spiro atoms. The van der Waals surface area contributed by atoms with Crippen LogP contribution in [0.25, 0.3) is 0 Å². The molecule has 7 nitrogen and oxygen atoms in total. The number of thiophene rings is 1. The molecule has 2 saturated heterocycles. The molecule has 1 aromatic rings. The Kier molecular flexibility index (Phi) is 7.03. The van der Waals surface area contributed by atoms with Crippen molar-refractivity contribution in [1.29, 1.82) is 5.26 Å². The molecule has 2 aliphatic heterocycles. The van der Waals surface area contributed by atoms with E-state index in [1.165, 1.54) is 11.3 Å². The first-order valence-electron chi connectivity index (χ1n) is 11.1. The summed E-state index contributed by atoms with van der Waals surface area (Å²) in [6.07, 6.45) is 7.38. The van der Waals surface area contributed by atoms with Crippen molar-refractivity contribution < 1.29 is 14.3 Å². The number of rotatable bonds is 5. The van der Waals surface area contributed by atoms with Gasteiger partial charge >= 0.3 is 0 Å². The van der Waals surface area contributed by atoms with Crippen molar-refractivity contribution in [3.05, 3.63) is 16.0 Å². The lowest BCUT2D eigenvalue weighted by Crippen LogP contribution is -2.51. The molecule has 3 aliphatic rings. The zero-order valence-electron chi connectivity index (χ0n) is 17.5. The number of ether oxygens (including phenoxy) is 1. The van der Waals surface area contributed by atoms with Crippen LogP contribution in [0.1, 0.15) is 54.5 Å². The SMILES string of the molecule is N#Cc1c(NC(=O)CCN2CCN(C(=O)[C@@H]3CCCO3)CC2)sc2c1CCCCC2. The molecule has 0 unspecified atom stereocenters. The van der Waals surface area contributed by atoms with Gasteiger partial charge in [0.15, 0.2) is 0 Å². The van der Waals surface area contributed by atoms with Gasteiger partial charge in [0.2, 0.25) is 5.91 Å². The smallest absolute Gasteiger partial charge is 0.251 e. The molecule has 1 atom stereocenters. The second kappa shape index (κ2) is 9.90. The number of nitrogens with one attached hydrogen (secondary N) is 1. The molecule has 1 aromatic heterocycles. The molecular formula is C22H30N4O3S. The molecule has 0 bridgehead atoms. The Labute approximate surface area is 182 Å². The fraction of sp³-hybridized carbons (Fsp3) is 0.682. The van der Waals surface area contributed by atoms with E-state index in [4.69, 9.17) is 4.74 Å². The van der Waals surface area contributed by atoms with E-state index in [-0.39, 0.29) is 17.9 Å². The third kappa shape index (κ3) is 4.85. The largest absolute Gasteiger partial charge is 0.368 e. The fourth-order valence-electron chi connectivity index (χ4n) is 4.57. The summed E-state index contributed by atoms with van der Waals surface area (Å²) in [6, 6.07) is 2.32. The zero-order chi connectivity index (χ0) is 20.9. The summed E-state index contributed by atoms with van der Waals surface area (Å²) < 4.78 is 5.51. The summed E-state index contributed by atoms with van der Waals surface area (Å²) in [5.74, 6) is 0.0761. The Hall–Kier alpha value is -1.95. The van der Waals surface area contributed by atoms with Crippen LogP contribution in [0, 0.1) is 11.3 Å². The molecule has 3 heterocycles. The highest BCUT2D eigenvalue weighted by molar-refractivity contribution is 7.16. The van der Waals surface area contributed by atoms with Crippen LogP contribution in [-0.4, -0.2) is 67.0 Å². The number of nitriles is 1. The Morgan fingerprint density at radius 2 is 1.93 bits per heavy atom. The van der Waals surface area contributed by atoms with Crippen molar-refractivity contribution in [2.24, 2.45) is 0 Å². The second-order valence-electron chi connectivity index (χ2n) is 8.35. The third-order valence-electron chi connectivity index (χ3n) is 6.33. The Bertz CT molecular complexity index is 817. The number of fused-ring (bicyclic) bond motifs is 1. The van der Waals surface area contributed by atoms with Crippen LogP contribution in [0.4, 0.5) is 5.00 Å². The van der Waals surface area contributed by atoms with Gasteiger partial charge in [0, 0.05) is 50.6 Å². The highest BCUT2D eigenvalue weighted by Crippen LogP contribution is 2.37.